The molecule has 0 aromatic carbocycles. The summed E-state index contributed by atoms with van der Waals surface area (Å²) in [5.74, 6) is 0. The van der Waals surface area contributed by atoms with E-state index in [0.717, 1.165) is 0 Å². The molecule has 0 aromatic heterocycles. The minimum atomic E-state index is 0. The van der Waals surface area contributed by atoms with Crippen molar-refractivity contribution in [2.75, 3.05) is 0 Å². The monoisotopic (exact) mass is 331 g/mol. The zero-order valence-electron chi connectivity index (χ0n) is 5.18. The second-order valence-electron chi connectivity index (χ2n) is 1.77. The maximum absolute atomic E-state index is 2.23. The first kappa shape index (κ1) is 12.6. The molecule has 1 aliphatic rings. The Kier molecular flexibility index (Phi) is 7.97. The minimum Gasteiger partial charge on any atom is -0.147 e. The van der Waals surface area contributed by atoms with E-state index in [-0.39, 0.29) is 24.8 Å². The van der Waals surface area contributed by atoms with Crippen LogP contribution in [-0.2, 0) is 24.4 Å². The van der Waals surface area contributed by atoms with Gasteiger partial charge in [-0.2, -0.15) is 0 Å². The summed E-state index contributed by atoms with van der Waals surface area (Å²) in [6.45, 7) is 2.19. The standard InChI is InChI=1S/C6H7.2ClH.Hf/c1-6-4-2-3-5-6;;;/h2,4H,3H2,1H3;2*1H;. The number of halogens is 2. The minimum absolute atomic E-state index is 0. The van der Waals surface area contributed by atoms with Crippen LogP contribution in [0.3, 0.4) is 0 Å². The van der Waals surface area contributed by atoms with Crippen LogP contribution >= 0.6 is 24.8 Å². The molecular weight excluding hydrogens is 321 g/mol. The van der Waals surface area contributed by atoms with Crippen LogP contribution in [0, 0.1) is 0 Å². The van der Waals surface area contributed by atoms with Gasteiger partial charge in [-0.25, -0.2) is 0 Å². The molecule has 0 aromatic rings. The summed E-state index contributed by atoms with van der Waals surface area (Å²) >= 11 is 1.25. The van der Waals surface area contributed by atoms with Gasteiger partial charge in [0.15, 0.2) is 0 Å². The van der Waals surface area contributed by atoms with E-state index in [1.807, 2.05) is 0 Å². The van der Waals surface area contributed by atoms with Crippen molar-refractivity contribution in [2.45, 2.75) is 13.3 Å². The van der Waals surface area contributed by atoms with Crippen molar-refractivity contribution in [3.05, 3.63) is 21.1 Å². The maximum atomic E-state index is 2.23. The largest absolute Gasteiger partial charge is 0.147 e. The van der Waals surface area contributed by atoms with Crippen molar-refractivity contribution in [3.8, 4) is 0 Å². The van der Waals surface area contributed by atoms with Gasteiger partial charge in [-0.15, -0.1) is 24.8 Å². The van der Waals surface area contributed by atoms with Gasteiger partial charge in [0, 0.05) is 0 Å². The van der Waals surface area contributed by atoms with Gasteiger partial charge < -0.3 is 0 Å². The van der Waals surface area contributed by atoms with Crippen LogP contribution < -0.4 is 0 Å². The summed E-state index contributed by atoms with van der Waals surface area (Å²) in [6.07, 6.45) is 5.68. The van der Waals surface area contributed by atoms with Crippen molar-refractivity contribution >= 4 is 24.8 Å². The summed E-state index contributed by atoms with van der Waals surface area (Å²) in [6, 6.07) is 0. The first-order chi connectivity index (χ1) is 3.30. The fourth-order valence-corrected chi connectivity index (χ4v) is 1.34. The summed E-state index contributed by atoms with van der Waals surface area (Å²) in [4.78, 5) is 0. The van der Waals surface area contributed by atoms with Crippen LogP contribution in [0.15, 0.2) is 21.1 Å². The third-order valence-electron chi connectivity index (χ3n) is 1.17. The number of rotatable bonds is 0. The molecular formula is C6H9Cl2Hf. The van der Waals surface area contributed by atoms with Gasteiger partial charge in [0.25, 0.3) is 0 Å². The van der Waals surface area contributed by atoms with Crippen molar-refractivity contribution in [1.29, 1.82) is 0 Å². The van der Waals surface area contributed by atoms with E-state index in [4.69, 9.17) is 0 Å². The SMILES string of the molecule is CC1=[C]([Hf])CC=C1.Cl.Cl. The van der Waals surface area contributed by atoms with Gasteiger partial charge in [-0.05, 0) is 0 Å². The topological polar surface area (TPSA) is 0 Å². The summed E-state index contributed by atoms with van der Waals surface area (Å²) in [5.41, 5.74) is 1.51. The Balaban J connectivity index is 0. The molecule has 0 unspecified atom stereocenters. The molecule has 0 bridgehead atoms. The van der Waals surface area contributed by atoms with E-state index < -0.39 is 0 Å². The Bertz CT molecular complexity index is 138. The molecule has 0 spiro atoms. The van der Waals surface area contributed by atoms with Crippen molar-refractivity contribution < 1.29 is 24.4 Å². The van der Waals surface area contributed by atoms with Gasteiger partial charge >= 0.3 is 58.8 Å². The van der Waals surface area contributed by atoms with E-state index in [1.54, 1.807) is 3.33 Å². The van der Waals surface area contributed by atoms with E-state index in [1.165, 1.54) is 36.4 Å². The molecule has 9 heavy (non-hydrogen) atoms. The zero-order valence-corrected chi connectivity index (χ0v) is 10.4. The average Bonchev–Trinajstić information content (AvgIpc) is 1.91. The first-order valence-electron chi connectivity index (χ1n) is 2.38. The third-order valence-corrected chi connectivity index (χ3v) is 3.32. The molecule has 1 aliphatic carbocycles. The van der Waals surface area contributed by atoms with Crippen LogP contribution in [0.1, 0.15) is 13.3 Å². The van der Waals surface area contributed by atoms with E-state index in [2.05, 4.69) is 19.1 Å². The Hall–Kier alpha value is 0.930. The van der Waals surface area contributed by atoms with E-state index in [9.17, 15) is 0 Å². The number of allylic oxidation sites excluding steroid dienone is 4. The normalized spacial score (nSPS) is 14.7. The van der Waals surface area contributed by atoms with E-state index in [0.29, 0.717) is 0 Å². The summed E-state index contributed by atoms with van der Waals surface area (Å²) < 4.78 is 1.65. The maximum Gasteiger partial charge on any atom is -0.147 e. The second-order valence-corrected chi connectivity index (χ2v) is 3.94. The van der Waals surface area contributed by atoms with Gasteiger partial charge in [0.1, 0.15) is 0 Å². The molecule has 0 saturated carbocycles. The van der Waals surface area contributed by atoms with Crippen molar-refractivity contribution in [1.82, 2.24) is 0 Å². The van der Waals surface area contributed by atoms with E-state index >= 15 is 0 Å². The molecule has 0 aliphatic heterocycles. The molecule has 0 fully saturated rings. The molecule has 51 valence electrons. The Morgan fingerprint density at radius 2 is 2.00 bits per heavy atom. The molecule has 0 N–H and O–H groups in total. The first-order valence-corrected chi connectivity index (χ1v) is 4.18. The van der Waals surface area contributed by atoms with Crippen LogP contribution in [0.5, 0.6) is 0 Å². The van der Waals surface area contributed by atoms with Crippen LogP contribution in [0.25, 0.3) is 0 Å². The zero-order chi connectivity index (χ0) is 5.28. The second kappa shape index (κ2) is 5.70. The quantitative estimate of drug-likeness (QED) is 0.599. The Morgan fingerprint density at radius 3 is 2.11 bits per heavy atom. The smallest absolute Gasteiger partial charge is 0.147 e. The van der Waals surface area contributed by atoms with Crippen molar-refractivity contribution in [3.63, 3.8) is 0 Å². The third kappa shape index (κ3) is 3.59. The molecule has 0 nitrogen and oxygen atoms in total. The molecule has 3 heteroatoms. The average molecular weight is 331 g/mol. The summed E-state index contributed by atoms with van der Waals surface area (Å²) in [7, 11) is 0. The fourth-order valence-electron chi connectivity index (χ4n) is 0.615. The number of hydrogen-bond donors (Lipinski definition) is 0. The van der Waals surface area contributed by atoms with Crippen LogP contribution in [0.4, 0.5) is 0 Å². The van der Waals surface area contributed by atoms with Crippen LogP contribution in [-0.4, -0.2) is 0 Å². The number of hydrogen-bond acceptors (Lipinski definition) is 0. The predicted molar refractivity (Wildman–Crippen MR) is 41.0 cm³/mol. The van der Waals surface area contributed by atoms with Crippen molar-refractivity contribution in [2.24, 2.45) is 0 Å². The molecule has 0 amide bonds. The van der Waals surface area contributed by atoms with Gasteiger partial charge in [-0.3, -0.25) is 0 Å². The van der Waals surface area contributed by atoms with Gasteiger partial charge in [0.05, 0.1) is 0 Å². The molecule has 0 atom stereocenters. The summed E-state index contributed by atoms with van der Waals surface area (Å²) in [5, 5.41) is 0. The molecule has 1 rings (SSSR count). The molecule has 0 saturated heterocycles. The van der Waals surface area contributed by atoms with Gasteiger partial charge in [0.2, 0.25) is 0 Å². The van der Waals surface area contributed by atoms with Crippen LogP contribution in [0.2, 0.25) is 0 Å². The predicted octanol–water partition coefficient (Wildman–Crippen LogP) is 2.61. The fraction of sp³-hybridized carbons (Fsp3) is 0.333. The molecule has 0 heterocycles. The Labute approximate surface area is 83.2 Å². The van der Waals surface area contributed by atoms with Gasteiger partial charge in [-0.1, -0.05) is 0 Å². The Morgan fingerprint density at radius 1 is 1.44 bits per heavy atom. The molecule has 0 radical (unpaired) electrons.